The quantitative estimate of drug-likeness (QED) is 0.584. The molecule has 3 aromatic heterocycles. The molecule has 0 radical (unpaired) electrons. The third-order valence-electron chi connectivity index (χ3n) is 3.84. The second-order valence-electron chi connectivity index (χ2n) is 5.43. The lowest BCUT2D eigenvalue weighted by molar-refractivity contribution is 0.848. The molecule has 4 rings (SSSR count). The highest BCUT2D eigenvalue weighted by atomic mass is 15.3. The molecule has 5 nitrogen and oxygen atoms in total. The van der Waals surface area contributed by atoms with Crippen LogP contribution in [0.2, 0.25) is 0 Å². The summed E-state index contributed by atoms with van der Waals surface area (Å²) < 4.78 is 1.75. The van der Waals surface area contributed by atoms with Crippen LogP contribution in [-0.4, -0.2) is 19.7 Å². The summed E-state index contributed by atoms with van der Waals surface area (Å²) in [5, 5.41) is 6.44. The Morgan fingerprint density at radius 2 is 1.95 bits per heavy atom. The number of pyridine rings is 2. The van der Waals surface area contributed by atoms with E-state index in [2.05, 4.69) is 16.1 Å². The number of fused-ring (bicyclic) bond motifs is 2. The summed E-state index contributed by atoms with van der Waals surface area (Å²) in [4.78, 5) is 9.11. The topological polar surface area (TPSA) is 69.6 Å². The van der Waals surface area contributed by atoms with Crippen molar-refractivity contribution >= 4 is 27.6 Å². The molecule has 0 atom stereocenters. The van der Waals surface area contributed by atoms with Gasteiger partial charge in [0.25, 0.3) is 0 Å². The first-order valence-corrected chi connectivity index (χ1v) is 7.12. The monoisotopic (exact) mass is 289 g/mol. The Kier molecular flexibility index (Phi) is 2.63. The zero-order valence-electron chi connectivity index (χ0n) is 12.4. The van der Waals surface area contributed by atoms with Gasteiger partial charge in [-0.15, -0.1) is 0 Å². The first-order chi connectivity index (χ1) is 10.6. The third-order valence-corrected chi connectivity index (χ3v) is 3.84. The van der Waals surface area contributed by atoms with E-state index in [1.807, 2.05) is 44.2 Å². The second-order valence-corrected chi connectivity index (χ2v) is 5.43. The van der Waals surface area contributed by atoms with Crippen molar-refractivity contribution in [3.8, 4) is 5.82 Å². The minimum absolute atomic E-state index is 0.725. The molecule has 0 aliphatic carbocycles. The highest BCUT2D eigenvalue weighted by Gasteiger charge is 2.16. The molecule has 0 fully saturated rings. The van der Waals surface area contributed by atoms with Gasteiger partial charge in [0.15, 0.2) is 11.5 Å². The van der Waals surface area contributed by atoms with Gasteiger partial charge < -0.3 is 5.73 Å². The highest BCUT2D eigenvalue weighted by molar-refractivity contribution is 6.06. The van der Waals surface area contributed by atoms with Crippen LogP contribution < -0.4 is 5.73 Å². The Morgan fingerprint density at radius 3 is 2.73 bits per heavy atom. The fourth-order valence-corrected chi connectivity index (χ4v) is 2.78. The van der Waals surface area contributed by atoms with E-state index in [1.165, 1.54) is 0 Å². The van der Waals surface area contributed by atoms with Crippen molar-refractivity contribution in [2.75, 3.05) is 5.73 Å². The molecule has 0 saturated carbocycles. The predicted molar refractivity (Wildman–Crippen MR) is 88.1 cm³/mol. The van der Waals surface area contributed by atoms with E-state index < -0.39 is 0 Å². The number of rotatable bonds is 1. The zero-order valence-corrected chi connectivity index (χ0v) is 12.4. The number of hydrogen-bond acceptors (Lipinski definition) is 4. The number of aryl methyl sites for hydroxylation is 2. The molecule has 0 saturated heterocycles. The molecule has 0 spiro atoms. The molecule has 4 aromatic rings. The van der Waals surface area contributed by atoms with Gasteiger partial charge in [0.05, 0.1) is 22.3 Å². The molecule has 22 heavy (non-hydrogen) atoms. The molecule has 1 aromatic carbocycles. The molecule has 0 amide bonds. The van der Waals surface area contributed by atoms with Crippen molar-refractivity contribution in [1.82, 2.24) is 19.7 Å². The standard InChI is InChI=1S/C17H15N5/c1-10-6-7-13-12(9-10)16(18)15-11(2)21-22(17(15)20-13)14-5-3-4-8-19-14/h3-9H,1-2H3,(H2,18,20). The predicted octanol–water partition coefficient (Wildman–Crippen LogP) is 3.17. The smallest absolute Gasteiger partial charge is 0.167 e. The van der Waals surface area contributed by atoms with Gasteiger partial charge >= 0.3 is 0 Å². The molecule has 0 aliphatic rings. The number of hydrogen-bond donors (Lipinski definition) is 1. The van der Waals surface area contributed by atoms with Gasteiger partial charge in [0, 0.05) is 11.6 Å². The third kappa shape index (κ3) is 1.75. The molecule has 108 valence electrons. The van der Waals surface area contributed by atoms with Crippen LogP contribution in [0.5, 0.6) is 0 Å². The van der Waals surface area contributed by atoms with Gasteiger partial charge in [-0.2, -0.15) is 9.78 Å². The fourth-order valence-electron chi connectivity index (χ4n) is 2.78. The molecule has 0 aliphatic heterocycles. The Bertz CT molecular complexity index is 1000. The first kappa shape index (κ1) is 12.8. The molecule has 2 N–H and O–H groups in total. The Balaban J connectivity index is 2.14. The van der Waals surface area contributed by atoms with E-state index in [0.717, 1.165) is 44.7 Å². The number of nitrogens with zero attached hydrogens (tertiary/aromatic N) is 4. The number of benzene rings is 1. The van der Waals surface area contributed by atoms with Crippen LogP contribution in [0.25, 0.3) is 27.8 Å². The number of anilines is 1. The Hall–Kier alpha value is -2.95. The Morgan fingerprint density at radius 1 is 1.09 bits per heavy atom. The van der Waals surface area contributed by atoms with Crippen molar-refractivity contribution < 1.29 is 0 Å². The largest absolute Gasteiger partial charge is 0.398 e. The van der Waals surface area contributed by atoms with Crippen molar-refractivity contribution in [3.05, 3.63) is 53.9 Å². The molecule has 0 bridgehead atoms. The Labute approximate surface area is 127 Å². The second kappa shape index (κ2) is 4.53. The van der Waals surface area contributed by atoms with E-state index in [4.69, 9.17) is 10.7 Å². The van der Waals surface area contributed by atoms with E-state index in [-0.39, 0.29) is 0 Å². The molecular formula is C17H15N5. The normalized spacial score (nSPS) is 11.4. The van der Waals surface area contributed by atoms with Crippen LogP contribution in [0.3, 0.4) is 0 Å². The lowest BCUT2D eigenvalue weighted by atomic mass is 10.1. The first-order valence-electron chi connectivity index (χ1n) is 7.12. The summed E-state index contributed by atoms with van der Waals surface area (Å²) in [6.45, 7) is 3.99. The number of nitrogens with two attached hydrogens (primary N) is 1. The average Bonchev–Trinajstić information content (AvgIpc) is 2.86. The summed E-state index contributed by atoms with van der Waals surface area (Å²) in [5.41, 5.74) is 10.8. The van der Waals surface area contributed by atoms with Crippen LogP contribution in [0.4, 0.5) is 5.69 Å². The van der Waals surface area contributed by atoms with Crippen molar-refractivity contribution in [2.24, 2.45) is 0 Å². The summed E-state index contributed by atoms with van der Waals surface area (Å²) in [6.07, 6.45) is 1.74. The van der Waals surface area contributed by atoms with Gasteiger partial charge in [0.2, 0.25) is 0 Å². The lowest BCUT2D eigenvalue weighted by Crippen LogP contribution is -2.01. The molecular weight excluding hydrogens is 274 g/mol. The highest BCUT2D eigenvalue weighted by Crippen LogP contribution is 2.31. The van der Waals surface area contributed by atoms with Crippen LogP contribution in [0.1, 0.15) is 11.3 Å². The number of nitrogen functional groups attached to an aromatic ring is 1. The van der Waals surface area contributed by atoms with Gasteiger partial charge in [-0.1, -0.05) is 17.7 Å². The SMILES string of the molecule is Cc1ccc2nc3c(c(C)nn3-c3ccccn3)c(N)c2c1. The summed E-state index contributed by atoms with van der Waals surface area (Å²) in [6, 6.07) is 11.8. The molecule has 0 unspecified atom stereocenters. The fraction of sp³-hybridized carbons (Fsp3) is 0.118. The van der Waals surface area contributed by atoms with Gasteiger partial charge in [-0.05, 0) is 38.1 Å². The maximum Gasteiger partial charge on any atom is 0.167 e. The van der Waals surface area contributed by atoms with Gasteiger partial charge in [-0.25, -0.2) is 9.97 Å². The van der Waals surface area contributed by atoms with Crippen LogP contribution in [0.15, 0.2) is 42.6 Å². The average molecular weight is 289 g/mol. The maximum atomic E-state index is 6.40. The van der Waals surface area contributed by atoms with Crippen LogP contribution in [-0.2, 0) is 0 Å². The summed E-state index contributed by atoms with van der Waals surface area (Å²) >= 11 is 0. The van der Waals surface area contributed by atoms with Crippen molar-refractivity contribution in [2.45, 2.75) is 13.8 Å². The zero-order chi connectivity index (χ0) is 15.3. The van der Waals surface area contributed by atoms with Crippen LogP contribution >= 0.6 is 0 Å². The van der Waals surface area contributed by atoms with Crippen molar-refractivity contribution in [3.63, 3.8) is 0 Å². The van der Waals surface area contributed by atoms with Gasteiger partial charge in [0.1, 0.15) is 0 Å². The molecule has 5 heteroatoms. The molecule has 3 heterocycles. The minimum atomic E-state index is 0.725. The van der Waals surface area contributed by atoms with E-state index in [0.29, 0.717) is 0 Å². The van der Waals surface area contributed by atoms with E-state index in [1.54, 1.807) is 10.9 Å². The van der Waals surface area contributed by atoms with E-state index >= 15 is 0 Å². The van der Waals surface area contributed by atoms with Crippen LogP contribution in [0, 0.1) is 13.8 Å². The minimum Gasteiger partial charge on any atom is -0.398 e. The maximum absolute atomic E-state index is 6.40. The summed E-state index contributed by atoms with van der Waals surface area (Å²) in [5.74, 6) is 0.735. The number of aromatic nitrogens is 4. The lowest BCUT2D eigenvalue weighted by Gasteiger charge is -2.06. The van der Waals surface area contributed by atoms with Crippen molar-refractivity contribution in [1.29, 1.82) is 0 Å². The summed E-state index contributed by atoms with van der Waals surface area (Å²) in [7, 11) is 0. The van der Waals surface area contributed by atoms with Gasteiger partial charge in [-0.3, -0.25) is 0 Å². The van der Waals surface area contributed by atoms with E-state index in [9.17, 15) is 0 Å².